The summed E-state index contributed by atoms with van der Waals surface area (Å²) < 4.78 is 5.61. The molecule has 2 aromatic heterocycles. The molecule has 0 radical (unpaired) electrons. The van der Waals surface area contributed by atoms with Gasteiger partial charge in [0, 0.05) is 40.8 Å². The molecule has 4 rings (SSSR count). The highest BCUT2D eigenvalue weighted by Crippen LogP contribution is 2.32. The average molecular weight is 384 g/mol. The summed E-state index contributed by atoms with van der Waals surface area (Å²) in [7, 11) is 1.68. The summed E-state index contributed by atoms with van der Waals surface area (Å²) in [5, 5.41) is 3.32. The number of rotatable bonds is 6. The van der Waals surface area contributed by atoms with Crippen LogP contribution in [0.5, 0.6) is 5.75 Å². The van der Waals surface area contributed by atoms with Gasteiger partial charge in [-0.2, -0.15) is 0 Å². The maximum atomic E-state index is 5.61. The molecule has 5 heteroatoms. The van der Waals surface area contributed by atoms with E-state index in [9.17, 15) is 0 Å². The van der Waals surface area contributed by atoms with Crippen molar-refractivity contribution in [3.05, 3.63) is 89.4 Å². The molecule has 0 aliphatic heterocycles. The maximum Gasteiger partial charge on any atom is 0.227 e. The predicted molar refractivity (Wildman–Crippen MR) is 117 cm³/mol. The number of benzene rings is 2. The molecular formula is C24H24N4O. The summed E-state index contributed by atoms with van der Waals surface area (Å²) in [4.78, 5) is 12.6. The van der Waals surface area contributed by atoms with Crippen LogP contribution in [0.3, 0.4) is 0 Å². The second-order valence-electron chi connectivity index (χ2n) is 7.08. The van der Waals surface area contributed by atoms with Gasteiger partial charge in [0.25, 0.3) is 0 Å². The number of aromatic amines is 1. The smallest absolute Gasteiger partial charge is 0.227 e. The monoisotopic (exact) mass is 384 g/mol. The Morgan fingerprint density at radius 2 is 1.76 bits per heavy atom. The highest BCUT2D eigenvalue weighted by Gasteiger charge is 2.10. The number of ether oxygens (including phenoxy) is 1. The highest BCUT2D eigenvalue weighted by molar-refractivity contribution is 5.72. The zero-order valence-electron chi connectivity index (χ0n) is 16.9. The lowest BCUT2D eigenvalue weighted by Gasteiger charge is -2.12. The highest BCUT2D eigenvalue weighted by atomic mass is 16.5. The Balaban J connectivity index is 1.59. The fraction of sp³-hybridized carbons (Fsp3) is 0.167. The second kappa shape index (κ2) is 8.19. The molecule has 0 saturated heterocycles. The van der Waals surface area contributed by atoms with Crippen molar-refractivity contribution < 1.29 is 4.74 Å². The molecule has 0 fully saturated rings. The number of nitrogens with zero attached hydrogens (tertiary/aromatic N) is 2. The van der Waals surface area contributed by atoms with Crippen LogP contribution in [-0.4, -0.2) is 22.1 Å². The first kappa shape index (κ1) is 18.7. The first-order chi connectivity index (χ1) is 14.1. The van der Waals surface area contributed by atoms with Crippen LogP contribution in [-0.2, 0) is 6.42 Å². The van der Waals surface area contributed by atoms with Gasteiger partial charge in [-0.1, -0.05) is 30.3 Å². The molecular weight excluding hydrogens is 360 g/mol. The Morgan fingerprint density at radius 3 is 2.48 bits per heavy atom. The molecule has 146 valence electrons. The Bertz CT molecular complexity index is 1120. The van der Waals surface area contributed by atoms with Gasteiger partial charge >= 0.3 is 0 Å². The summed E-state index contributed by atoms with van der Waals surface area (Å²) in [6, 6.07) is 22.5. The van der Waals surface area contributed by atoms with Gasteiger partial charge in [0.05, 0.1) is 12.8 Å². The summed E-state index contributed by atoms with van der Waals surface area (Å²) in [5.41, 5.74) is 7.18. The molecule has 2 aromatic carbocycles. The van der Waals surface area contributed by atoms with Crippen molar-refractivity contribution in [2.24, 2.45) is 0 Å². The van der Waals surface area contributed by atoms with Gasteiger partial charge in [-0.25, -0.2) is 9.97 Å². The van der Waals surface area contributed by atoms with Crippen LogP contribution < -0.4 is 10.1 Å². The molecule has 29 heavy (non-hydrogen) atoms. The molecule has 0 atom stereocenters. The molecule has 2 heterocycles. The SMILES string of the molecule is COc1cc(Nc2nc(C)cc(Cc3ccccc3)n2)ccc1-c1ccc(C)[nH]1. The van der Waals surface area contributed by atoms with Gasteiger partial charge in [0.2, 0.25) is 5.95 Å². The van der Waals surface area contributed by atoms with Crippen molar-refractivity contribution in [3.8, 4) is 17.0 Å². The summed E-state index contributed by atoms with van der Waals surface area (Å²) in [6.45, 7) is 4.02. The lowest BCUT2D eigenvalue weighted by atomic mass is 10.1. The first-order valence-electron chi connectivity index (χ1n) is 9.60. The number of hydrogen-bond donors (Lipinski definition) is 2. The lowest BCUT2D eigenvalue weighted by molar-refractivity contribution is 0.416. The summed E-state index contributed by atoms with van der Waals surface area (Å²) in [5.74, 6) is 1.37. The van der Waals surface area contributed by atoms with Crippen LogP contribution in [0.2, 0.25) is 0 Å². The van der Waals surface area contributed by atoms with Crippen LogP contribution in [0.1, 0.15) is 22.6 Å². The summed E-state index contributed by atoms with van der Waals surface area (Å²) >= 11 is 0. The Morgan fingerprint density at radius 1 is 0.931 bits per heavy atom. The Labute approximate surface area is 170 Å². The van der Waals surface area contributed by atoms with E-state index in [1.807, 2.05) is 56.3 Å². The van der Waals surface area contributed by atoms with E-state index < -0.39 is 0 Å². The van der Waals surface area contributed by atoms with Crippen LogP contribution in [0.4, 0.5) is 11.6 Å². The Hall–Kier alpha value is -3.60. The number of aromatic nitrogens is 3. The van der Waals surface area contributed by atoms with Crippen molar-refractivity contribution in [2.75, 3.05) is 12.4 Å². The Kier molecular flexibility index (Phi) is 5.29. The van der Waals surface area contributed by atoms with Crippen LogP contribution in [0, 0.1) is 13.8 Å². The van der Waals surface area contributed by atoms with Gasteiger partial charge in [0.1, 0.15) is 5.75 Å². The zero-order valence-corrected chi connectivity index (χ0v) is 16.9. The van der Waals surface area contributed by atoms with Gasteiger partial charge in [0.15, 0.2) is 0 Å². The van der Waals surface area contributed by atoms with Gasteiger partial charge in [-0.15, -0.1) is 0 Å². The van der Waals surface area contributed by atoms with Crippen molar-refractivity contribution in [2.45, 2.75) is 20.3 Å². The van der Waals surface area contributed by atoms with Gasteiger partial charge in [-0.3, -0.25) is 0 Å². The van der Waals surface area contributed by atoms with Crippen LogP contribution in [0.25, 0.3) is 11.3 Å². The largest absolute Gasteiger partial charge is 0.496 e. The van der Waals surface area contributed by atoms with E-state index in [1.165, 1.54) is 5.56 Å². The van der Waals surface area contributed by atoms with E-state index in [0.717, 1.165) is 46.2 Å². The molecule has 0 bridgehead atoms. The number of methoxy groups -OCH3 is 1. The average Bonchev–Trinajstić information content (AvgIpc) is 3.14. The minimum atomic E-state index is 0.585. The normalized spacial score (nSPS) is 10.7. The number of nitrogens with one attached hydrogen (secondary N) is 2. The third-order valence-corrected chi connectivity index (χ3v) is 4.72. The standard InChI is InChI=1S/C24H24N4O/c1-16-9-12-22(25-16)21-11-10-19(15-23(21)29-3)27-24-26-17(2)13-20(28-24)14-18-7-5-4-6-8-18/h4-13,15,25H,14H2,1-3H3,(H,26,27,28). The molecule has 0 saturated carbocycles. The number of anilines is 2. The van der Waals surface area contributed by atoms with E-state index >= 15 is 0 Å². The van der Waals surface area contributed by atoms with Crippen molar-refractivity contribution >= 4 is 11.6 Å². The van der Waals surface area contributed by atoms with Gasteiger partial charge in [-0.05, 0) is 49.7 Å². The minimum absolute atomic E-state index is 0.585. The second-order valence-corrected chi connectivity index (χ2v) is 7.08. The molecule has 0 aliphatic rings. The molecule has 2 N–H and O–H groups in total. The lowest BCUT2D eigenvalue weighted by Crippen LogP contribution is -2.03. The molecule has 5 nitrogen and oxygen atoms in total. The topological polar surface area (TPSA) is 62.8 Å². The van der Waals surface area contributed by atoms with Crippen molar-refractivity contribution in [3.63, 3.8) is 0 Å². The van der Waals surface area contributed by atoms with E-state index in [-0.39, 0.29) is 0 Å². The van der Waals surface area contributed by atoms with E-state index in [0.29, 0.717) is 5.95 Å². The zero-order chi connectivity index (χ0) is 20.2. The number of aryl methyl sites for hydroxylation is 2. The summed E-state index contributed by atoms with van der Waals surface area (Å²) in [6.07, 6.45) is 0.771. The van der Waals surface area contributed by atoms with E-state index in [2.05, 4.69) is 39.6 Å². The minimum Gasteiger partial charge on any atom is -0.496 e. The fourth-order valence-corrected chi connectivity index (χ4v) is 3.37. The third-order valence-electron chi connectivity index (χ3n) is 4.72. The number of hydrogen-bond acceptors (Lipinski definition) is 4. The van der Waals surface area contributed by atoms with E-state index in [1.54, 1.807) is 7.11 Å². The first-order valence-corrected chi connectivity index (χ1v) is 9.60. The molecule has 0 spiro atoms. The van der Waals surface area contributed by atoms with Crippen molar-refractivity contribution in [1.29, 1.82) is 0 Å². The fourth-order valence-electron chi connectivity index (χ4n) is 3.37. The van der Waals surface area contributed by atoms with Crippen molar-refractivity contribution in [1.82, 2.24) is 15.0 Å². The van der Waals surface area contributed by atoms with E-state index in [4.69, 9.17) is 9.72 Å². The van der Waals surface area contributed by atoms with Gasteiger partial charge < -0.3 is 15.0 Å². The maximum absolute atomic E-state index is 5.61. The molecule has 4 aromatic rings. The molecule has 0 unspecified atom stereocenters. The van der Waals surface area contributed by atoms with Crippen LogP contribution >= 0.6 is 0 Å². The molecule has 0 amide bonds. The quantitative estimate of drug-likeness (QED) is 0.465. The third kappa shape index (κ3) is 4.46. The number of H-pyrrole nitrogens is 1. The molecule has 0 aliphatic carbocycles. The predicted octanol–water partition coefficient (Wildman–Crippen LogP) is 5.43. The van der Waals surface area contributed by atoms with Crippen LogP contribution in [0.15, 0.2) is 66.7 Å².